The third-order valence-corrected chi connectivity index (χ3v) is 3.56. The summed E-state index contributed by atoms with van der Waals surface area (Å²) in [6.45, 7) is 6.71. The maximum Gasteiger partial charge on any atom is 0.203 e. The predicted molar refractivity (Wildman–Crippen MR) is 63.0 cm³/mol. The number of nitrogens with one attached hydrogen (secondary N) is 1. The van der Waals surface area contributed by atoms with E-state index in [0.717, 1.165) is 11.6 Å². The molecular weight excluding hydrogens is 186 g/mol. The largest absolute Gasteiger partial charge is 0.352 e. The summed E-state index contributed by atoms with van der Waals surface area (Å²) in [7, 11) is 2.05. The van der Waals surface area contributed by atoms with Gasteiger partial charge in [0, 0.05) is 19.3 Å². The normalized spacial score (nSPS) is 24.4. The molecule has 1 heterocycles. The molecule has 0 bridgehead atoms. The topological polar surface area (TPSA) is 29.9 Å². The molecule has 84 valence electrons. The van der Waals surface area contributed by atoms with Crippen LogP contribution in [0.4, 0.5) is 5.95 Å². The highest BCUT2D eigenvalue weighted by molar-refractivity contribution is 5.31. The monoisotopic (exact) mass is 207 g/mol. The van der Waals surface area contributed by atoms with Crippen LogP contribution in [-0.4, -0.2) is 15.6 Å². The lowest BCUT2D eigenvalue weighted by molar-refractivity contribution is 0.348. The average molecular weight is 207 g/mol. The van der Waals surface area contributed by atoms with E-state index in [2.05, 4.69) is 34.9 Å². The Morgan fingerprint density at radius 3 is 2.73 bits per heavy atom. The van der Waals surface area contributed by atoms with E-state index in [1.54, 1.807) is 0 Å². The fraction of sp³-hybridized carbons (Fsp3) is 0.750. The molecule has 1 saturated carbocycles. The SMILES string of the molecule is Cc1cn(C)c(NC2CCCC2(C)C)n1. The molecule has 0 aliphatic heterocycles. The van der Waals surface area contributed by atoms with Gasteiger partial charge in [0.05, 0.1) is 5.69 Å². The first-order valence-electron chi connectivity index (χ1n) is 5.75. The lowest BCUT2D eigenvalue weighted by atomic mass is 9.87. The second kappa shape index (κ2) is 3.54. The highest BCUT2D eigenvalue weighted by atomic mass is 15.2. The van der Waals surface area contributed by atoms with Crippen LogP contribution in [0.5, 0.6) is 0 Å². The molecule has 1 unspecified atom stereocenters. The van der Waals surface area contributed by atoms with Gasteiger partial charge in [0.25, 0.3) is 0 Å². The minimum absolute atomic E-state index is 0.403. The first-order valence-corrected chi connectivity index (χ1v) is 5.75. The van der Waals surface area contributed by atoms with Crippen molar-refractivity contribution in [2.75, 3.05) is 5.32 Å². The maximum atomic E-state index is 4.49. The summed E-state index contributed by atoms with van der Waals surface area (Å²) in [6.07, 6.45) is 5.96. The quantitative estimate of drug-likeness (QED) is 0.808. The van der Waals surface area contributed by atoms with Crippen molar-refractivity contribution in [2.45, 2.75) is 46.1 Å². The van der Waals surface area contributed by atoms with Crippen LogP contribution in [0, 0.1) is 12.3 Å². The summed E-state index contributed by atoms with van der Waals surface area (Å²) in [5.74, 6) is 1.01. The molecule has 3 nitrogen and oxygen atoms in total. The van der Waals surface area contributed by atoms with E-state index in [9.17, 15) is 0 Å². The van der Waals surface area contributed by atoms with Gasteiger partial charge in [-0.1, -0.05) is 20.3 Å². The number of hydrogen-bond acceptors (Lipinski definition) is 2. The highest BCUT2D eigenvalue weighted by Crippen LogP contribution is 2.38. The van der Waals surface area contributed by atoms with Gasteiger partial charge in [-0.25, -0.2) is 4.98 Å². The predicted octanol–water partition coefficient (Wildman–Crippen LogP) is 2.72. The number of rotatable bonds is 2. The van der Waals surface area contributed by atoms with E-state index in [1.165, 1.54) is 19.3 Å². The molecule has 0 aromatic carbocycles. The van der Waals surface area contributed by atoms with Crippen molar-refractivity contribution in [1.82, 2.24) is 9.55 Å². The molecule has 1 atom stereocenters. The zero-order valence-corrected chi connectivity index (χ0v) is 10.2. The van der Waals surface area contributed by atoms with Crippen molar-refractivity contribution >= 4 is 5.95 Å². The molecule has 1 fully saturated rings. The van der Waals surface area contributed by atoms with Gasteiger partial charge in [-0.05, 0) is 25.2 Å². The van der Waals surface area contributed by atoms with Gasteiger partial charge in [0.2, 0.25) is 5.95 Å². The smallest absolute Gasteiger partial charge is 0.203 e. The number of nitrogens with zero attached hydrogens (tertiary/aromatic N) is 2. The molecule has 3 heteroatoms. The van der Waals surface area contributed by atoms with Crippen molar-refractivity contribution in [3.8, 4) is 0 Å². The van der Waals surface area contributed by atoms with Crippen LogP contribution >= 0.6 is 0 Å². The van der Waals surface area contributed by atoms with Crippen LogP contribution < -0.4 is 5.32 Å². The van der Waals surface area contributed by atoms with Gasteiger partial charge >= 0.3 is 0 Å². The van der Waals surface area contributed by atoms with E-state index in [-0.39, 0.29) is 0 Å². The van der Waals surface area contributed by atoms with E-state index in [0.29, 0.717) is 11.5 Å². The molecule has 0 amide bonds. The molecule has 0 saturated heterocycles. The van der Waals surface area contributed by atoms with Crippen molar-refractivity contribution in [3.05, 3.63) is 11.9 Å². The second-order valence-electron chi connectivity index (χ2n) is 5.39. The van der Waals surface area contributed by atoms with Crippen LogP contribution in [0.15, 0.2) is 6.20 Å². The molecule has 1 aliphatic carbocycles. The Balaban J connectivity index is 2.12. The Morgan fingerprint density at radius 2 is 2.27 bits per heavy atom. The van der Waals surface area contributed by atoms with Crippen molar-refractivity contribution < 1.29 is 0 Å². The average Bonchev–Trinajstić information content (AvgIpc) is 2.58. The molecule has 0 radical (unpaired) electrons. The summed E-state index contributed by atoms with van der Waals surface area (Å²) < 4.78 is 2.07. The number of hydrogen-bond donors (Lipinski definition) is 1. The third kappa shape index (κ3) is 2.01. The summed E-state index contributed by atoms with van der Waals surface area (Å²) in [5.41, 5.74) is 1.48. The Labute approximate surface area is 91.9 Å². The van der Waals surface area contributed by atoms with Crippen LogP contribution in [0.1, 0.15) is 38.8 Å². The number of aryl methyl sites for hydroxylation is 2. The molecular formula is C12H21N3. The standard InChI is InChI=1S/C12H21N3/c1-9-8-15(4)11(13-9)14-10-6-5-7-12(10,2)3/h8,10H,5-7H2,1-4H3,(H,13,14). The van der Waals surface area contributed by atoms with E-state index >= 15 is 0 Å². The van der Waals surface area contributed by atoms with Gasteiger partial charge in [0.15, 0.2) is 0 Å². The summed E-state index contributed by atoms with van der Waals surface area (Å²) in [6, 6.07) is 0.568. The molecule has 1 aromatic rings. The first-order chi connectivity index (χ1) is 6.99. The van der Waals surface area contributed by atoms with Crippen LogP contribution in [0.3, 0.4) is 0 Å². The number of anilines is 1. The fourth-order valence-corrected chi connectivity index (χ4v) is 2.50. The zero-order chi connectivity index (χ0) is 11.1. The lowest BCUT2D eigenvalue weighted by Gasteiger charge is -2.28. The minimum Gasteiger partial charge on any atom is -0.352 e. The lowest BCUT2D eigenvalue weighted by Crippen LogP contribution is -2.31. The zero-order valence-electron chi connectivity index (χ0n) is 10.2. The number of imidazole rings is 1. The summed E-state index contributed by atoms with van der Waals surface area (Å²) >= 11 is 0. The third-order valence-electron chi connectivity index (χ3n) is 3.56. The van der Waals surface area contributed by atoms with Gasteiger partial charge < -0.3 is 9.88 Å². The van der Waals surface area contributed by atoms with Gasteiger partial charge in [0.1, 0.15) is 0 Å². The molecule has 1 N–H and O–H groups in total. The Kier molecular flexibility index (Phi) is 2.49. The Morgan fingerprint density at radius 1 is 1.53 bits per heavy atom. The fourth-order valence-electron chi connectivity index (χ4n) is 2.50. The Hall–Kier alpha value is -0.990. The minimum atomic E-state index is 0.403. The van der Waals surface area contributed by atoms with Gasteiger partial charge in [-0.3, -0.25) is 0 Å². The van der Waals surface area contributed by atoms with Gasteiger partial charge in [-0.15, -0.1) is 0 Å². The first kappa shape index (κ1) is 10.5. The summed E-state index contributed by atoms with van der Waals surface area (Å²) in [4.78, 5) is 4.49. The second-order valence-corrected chi connectivity index (χ2v) is 5.39. The molecule has 15 heavy (non-hydrogen) atoms. The van der Waals surface area contributed by atoms with Crippen LogP contribution in [0.2, 0.25) is 0 Å². The maximum absolute atomic E-state index is 4.49. The highest BCUT2D eigenvalue weighted by Gasteiger charge is 2.34. The molecule has 1 aliphatic rings. The van der Waals surface area contributed by atoms with Crippen LogP contribution in [-0.2, 0) is 7.05 Å². The van der Waals surface area contributed by atoms with Crippen molar-refractivity contribution in [3.63, 3.8) is 0 Å². The van der Waals surface area contributed by atoms with E-state index in [4.69, 9.17) is 0 Å². The molecule has 2 rings (SSSR count). The molecule has 0 spiro atoms. The number of aromatic nitrogens is 2. The molecule has 1 aromatic heterocycles. The summed E-state index contributed by atoms with van der Waals surface area (Å²) in [5, 5.41) is 3.57. The van der Waals surface area contributed by atoms with E-state index in [1.807, 2.05) is 14.0 Å². The van der Waals surface area contributed by atoms with Gasteiger partial charge in [-0.2, -0.15) is 0 Å². The van der Waals surface area contributed by atoms with E-state index < -0.39 is 0 Å². The van der Waals surface area contributed by atoms with Crippen molar-refractivity contribution in [2.24, 2.45) is 12.5 Å². The van der Waals surface area contributed by atoms with Crippen LogP contribution in [0.25, 0.3) is 0 Å². The van der Waals surface area contributed by atoms with Crippen molar-refractivity contribution in [1.29, 1.82) is 0 Å². The Bertz CT molecular complexity index is 352.